The summed E-state index contributed by atoms with van der Waals surface area (Å²) in [6.45, 7) is 5.24. The molecule has 0 aliphatic carbocycles. The van der Waals surface area contributed by atoms with E-state index in [-0.39, 0.29) is 17.6 Å². The number of hydrogen-bond donors (Lipinski definition) is 1. The zero-order valence-corrected chi connectivity index (χ0v) is 16.6. The van der Waals surface area contributed by atoms with Gasteiger partial charge in [0.25, 0.3) is 0 Å². The van der Waals surface area contributed by atoms with E-state index in [1.54, 1.807) is 16.2 Å². The number of rotatable bonds is 3. The van der Waals surface area contributed by atoms with Gasteiger partial charge in [-0.2, -0.15) is 0 Å². The van der Waals surface area contributed by atoms with Crippen molar-refractivity contribution in [3.63, 3.8) is 0 Å². The van der Waals surface area contributed by atoms with Crippen molar-refractivity contribution in [2.75, 3.05) is 36.4 Å². The second kappa shape index (κ2) is 6.60. The first-order valence-corrected chi connectivity index (χ1v) is 10.5. The van der Waals surface area contributed by atoms with Crippen molar-refractivity contribution in [1.82, 2.24) is 4.90 Å². The van der Waals surface area contributed by atoms with Crippen LogP contribution >= 0.6 is 11.3 Å². The van der Waals surface area contributed by atoms with Crippen LogP contribution in [0.3, 0.4) is 0 Å². The Kier molecular flexibility index (Phi) is 4.17. The minimum Gasteiger partial charge on any atom is -0.439 e. The van der Waals surface area contributed by atoms with Crippen LogP contribution in [-0.2, 0) is 9.53 Å². The molecule has 146 valence electrons. The largest absolute Gasteiger partial charge is 0.439 e. The molecule has 0 radical (unpaired) electrons. The first-order chi connectivity index (χ1) is 13.5. The molecule has 0 unspecified atom stereocenters. The monoisotopic (exact) mass is 397 g/mol. The highest BCUT2D eigenvalue weighted by Crippen LogP contribution is 2.45. The van der Waals surface area contributed by atoms with Gasteiger partial charge in [0.05, 0.1) is 6.54 Å². The maximum atomic E-state index is 12.7. The maximum Gasteiger partial charge on any atom is 0.415 e. The third-order valence-corrected chi connectivity index (χ3v) is 7.24. The standard InChI is InChI=1S/C21H23N3O3S/c1-14(25)22-17-4-2-3-15(11-17)18-5-6-19(28-18)24-13-21(27-20(24)26)12-23-9-7-16(21)8-10-23/h2-6,11,16H,7-10,12-13H2,1H3,(H,22,25)/t21-/m1/s1. The van der Waals surface area contributed by atoms with Gasteiger partial charge in [-0.15, -0.1) is 11.3 Å². The lowest BCUT2D eigenvalue weighted by Gasteiger charge is -2.49. The SMILES string of the molecule is CC(=O)Nc1cccc(-c2ccc(N3C[C@@]4(CN5CCC4CC5)OC3=O)s2)c1. The normalized spacial score (nSPS) is 28.6. The molecular weight excluding hydrogens is 374 g/mol. The summed E-state index contributed by atoms with van der Waals surface area (Å²) in [6.07, 6.45) is 2.01. The van der Waals surface area contributed by atoms with E-state index < -0.39 is 0 Å². The van der Waals surface area contributed by atoms with Gasteiger partial charge in [0.2, 0.25) is 5.91 Å². The average molecular weight is 398 g/mol. The van der Waals surface area contributed by atoms with Crippen LogP contribution in [0.25, 0.3) is 10.4 Å². The van der Waals surface area contributed by atoms with Gasteiger partial charge < -0.3 is 10.1 Å². The summed E-state index contributed by atoms with van der Waals surface area (Å²) >= 11 is 1.58. The number of nitrogens with zero attached hydrogens (tertiary/aromatic N) is 2. The van der Waals surface area contributed by atoms with E-state index in [1.807, 2.05) is 36.4 Å². The number of anilines is 2. The Morgan fingerprint density at radius 2 is 2.04 bits per heavy atom. The van der Waals surface area contributed by atoms with Gasteiger partial charge in [-0.3, -0.25) is 14.6 Å². The molecule has 1 atom stereocenters. The number of ether oxygens (including phenoxy) is 1. The molecule has 6 rings (SSSR count). The molecule has 5 heterocycles. The predicted molar refractivity (Wildman–Crippen MR) is 110 cm³/mol. The van der Waals surface area contributed by atoms with Crippen molar-refractivity contribution in [1.29, 1.82) is 0 Å². The van der Waals surface area contributed by atoms with E-state index in [0.29, 0.717) is 12.5 Å². The summed E-state index contributed by atoms with van der Waals surface area (Å²) in [4.78, 5) is 29.3. The van der Waals surface area contributed by atoms with E-state index in [1.165, 1.54) is 6.92 Å². The maximum absolute atomic E-state index is 12.7. The summed E-state index contributed by atoms with van der Waals surface area (Å²) in [6, 6.07) is 11.8. The van der Waals surface area contributed by atoms with Gasteiger partial charge in [-0.1, -0.05) is 12.1 Å². The number of carbonyl (C=O) groups is 2. The fourth-order valence-corrected chi connectivity index (χ4v) is 5.75. The molecule has 1 N–H and O–H groups in total. The fourth-order valence-electron chi connectivity index (χ4n) is 4.76. The Balaban J connectivity index is 1.38. The lowest BCUT2D eigenvalue weighted by Crippen LogP contribution is -2.61. The van der Waals surface area contributed by atoms with Crippen molar-refractivity contribution < 1.29 is 14.3 Å². The Morgan fingerprint density at radius 1 is 1.21 bits per heavy atom. The second-order valence-corrected chi connectivity index (χ2v) is 9.03. The summed E-state index contributed by atoms with van der Waals surface area (Å²) in [5, 5.41) is 3.73. The first-order valence-electron chi connectivity index (χ1n) is 9.73. The van der Waals surface area contributed by atoms with Crippen LogP contribution in [0.1, 0.15) is 19.8 Å². The van der Waals surface area contributed by atoms with Gasteiger partial charge in [-0.25, -0.2) is 4.79 Å². The van der Waals surface area contributed by atoms with Crippen molar-refractivity contribution >= 4 is 34.0 Å². The van der Waals surface area contributed by atoms with Crippen LogP contribution < -0.4 is 10.2 Å². The van der Waals surface area contributed by atoms with Crippen LogP contribution in [0.4, 0.5) is 15.5 Å². The number of carbonyl (C=O) groups excluding carboxylic acids is 2. The molecule has 1 spiro atoms. The van der Waals surface area contributed by atoms with Gasteiger partial charge in [0, 0.05) is 30.0 Å². The van der Waals surface area contributed by atoms with Crippen molar-refractivity contribution in [2.45, 2.75) is 25.4 Å². The molecule has 0 saturated carbocycles. The Morgan fingerprint density at radius 3 is 2.75 bits per heavy atom. The Labute approximate surface area is 168 Å². The number of thiophene rings is 1. The van der Waals surface area contributed by atoms with Crippen LogP contribution in [0.15, 0.2) is 36.4 Å². The van der Waals surface area contributed by atoms with E-state index in [9.17, 15) is 9.59 Å². The van der Waals surface area contributed by atoms with E-state index in [4.69, 9.17) is 4.74 Å². The minimum absolute atomic E-state index is 0.0911. The van der Waals surface area contributed by atoms with Gasteiger partial charge in [0.1, 0.15) is 10.6 Å². The fraction of sp³-hybridized carbons (Fsp3) is 0.429. The first kappa shape index (κ1) is 17.7. The van der Waals surface area contributed by atoms with Crippen molar-refractivity contribution in [3.05, 3.63) is 36.4 Å². The number of nitrogens with one attached hydrogen (secondary N) is 1. The Hall–Kier alpha value is -2.38. The highest BCUT2D eigenvalue weighted by atomic mass is 32.1. The quantitative estimate of drug-likeness (QED) is 0.856. The van der Waals surface area contributed by atoms with E-state index in [2.05, 4.69) is 10.2 Å². The average Bonchev–Trinajstić information content (AvgIpc) is 3.27. The summed E-state index contributed by atoms with van der Waals surface area (Å²) in [5.41, 5.74) is 1.45. The van der Waals surface area contributed by atoms with Gasteiger partial charge in [-0.05, 0) is 55.8 Å². The number of benzene rings is 1. The third-order valence-electron chi connectivity index (χ3n) is 6.08. The van der Waals surface area contributed by atoms with E-state index >= 15 is 0 Å². The van der Waals surface area contributed by atoms with Crippen LogP contribution in [0.5, 0.6) is 0 Å². The minimum atomic E-state index is -0.344. The molecule has 2 aromatic rings. The molecule has 7 heteroatoms. The second-order valence-electron chi connectivity index (χ2n) is 7.97. The Bertz CT molecular complexity index is 934. The molecule has 4 aliphatic rings. The van der Waals surface area contributed by atoms with Crippen LogP contribution in [0.2, 0.25) is 0 Å². The molecule has 4 fully saturated rings. The molecule has 1 aromatic heterocycles. The van der Waals surface area contributed by atoms with Crippen LogP contribution in [-0.4, -0.2) is 48.7 Å². The smallest absolute Gasteiger partial charge is 0.415 e. The molecular formula is C21H23N3O3S. The topological polar surface area (TPSA) is 61.9 Å². The highest BCUT2D eigenvalue weighted by molar-refractivity contribution is 7.19. The van der Waals surface area contributed by atoms with E-state index in [0.717, 1.165) is 53.6 Å². The summed E-state index contributed by atoms with van der Waals surface area (Å²) < 4.78 is 5.97. The van der Waals surface area contributed by atoms with Crippen LogP contribution in [0, 0.1) is 5.92 Å². The molecule has 4 aliphatic heterocycles. The lowest BCUT2D eigenvalue weighted by atomic mass is 9.75. The van der Waals surface area contributed by atoms with Gasteiger partial charge in [0.15, 0.2) is 0 Å². The predicted octanol–water partition coefficient (Wildman–Crippen LogP) is 3.79. The van der Waals surface area contributed by atoms with Gasteiger partial charge >= 0.3 is 6.09 Å². The number of piperidine rings is 3. The molecule has 2 bridgehead atoms. The zero-order chi connectivity index (χ0) is 19.3. The number of hydrogen-bond acceptors (Lipinski definition) is 5. The number of fused-ring (bicyclic) bond motifs is 2. The molecule has 2 amide bonds. The molecule has 6 nitrogen and oxygen atoms in total. The lowest BCUT2D eigenvalue weighted by molar-refractivity contribution is -0.114. The summed E-state index contributed by atoms with van der Waals surface area (Å²) in [7, 11) is 0. The summed E-state index contributed by atoms with van der Waals surface area (Å²) in [5.74, 6) is 0.381. The zero-order valence-electron chi connectivity index (χ0n) is 15.8. The van der Waals surface area contributed by atoms with Crippen molar-refractivity contribution in [2.24, 2.45) is 5.92 Å². The molecule has 1 aromatic carbocycles. The number of amides is 2. The molecule has 4 saturated heterocycles. The highest BCUT2D eigenvalue weighted by Gasteiger charge is 2.55. The van der Waals surface area contributed by atoms with Crippen molar-refractivity contribution in [3.8, 4) is 10.4 Å². The molecule has 28 heavy (non-hydrogen) atoms. The third kappa shape index (κ3) is 2.99.